The summed E-state index contributed by atoms with van der Waals surface area (Å²) in [5.74, 6) is -0.962. The summed E-state index contributed by atoms with van der Waals surface area (Å²) in [4.78, 5) is 24.5. The van der Waals surface area contributed by atoms with E-state index in [9.17, 15) is 14.0 Å². The molecule has 3 rings (SSSR count). The maximum atomic E-state index is 14.0. The van der Waals surface area contributed by atoms with Gasteiger partial charge in [0.2, 0.25) is 11.8 Å². The lowest BCUT2D eigenvalue weighted by molar-refractivity contribution is -0.121. The maximum absolute atomic E-state index is 14.0. The van der Waals surface area contributed by atoms with Crippen molar-refractivity contribution < 1.29 is 18.7 Å². The van der Waals surface area contributed by atoms with E-state index in [0.717, 1.165) is 32.1 Å². The van der Waals surface area contributed by atoms with Crippen LogP contribution in [0.25, 0.3) is 0 Å². The molecule has 26 heavy (non-hydrogen) atoms. The van der Waals surface area contributed by atoms with Gasteiger partial charge in [0, 0.05) is 18.2 Å². The van der Waals surface area contributed by atoms with Gasteiger partial charge >= 0.3 is 0 Å². The molecule has 1 saturated heterocycles. The minimum absolute atomic E-state index is 0. The van der Waals surface area contributed by atoms with Gasteiger partial charge in [-0.2, -0.15) is 0 Å². The Morgan fingerprint density at radius 2 is 1.88 bits per heavy atom. The van der Waals surface area contributed by atoms with Crippen LogP contribution >= 0.6 is 12.4 Å². The van der Waals surface area contributed by atoms with Gasteiger partial charge in [0.15, 0.2) is 0 Å². The number of nitrogens with one attached hydrogen (secondary N) is 3. The average molecular weight is 386 g/mol. The molecular formula is C18H25ClFN3O3. The van der Waals surface area contributed by atoms with Gasteiger partial charge in [-0.05, 0) is 31.0 Å². The van der Waals surface area contributed by atoms with Gasteiger partial charge in [-0.25, -0.2) is 4.39 Å². The Kier molecular flexibility index (Phi) is 7.81. The number of rotatable bonds is 4. The topological polar surface area (TPSA) is 79.5 Å². The van der Waals surface area contributed by atoms with Crippen LogP contribution in [-0.4, -0.2) is 37.6 Å². The van der Waals surface area contributed by atoms with Crippen molar-refractivity contribution in [2.45, 2.75) is 38.1 Å². The molecule has 2 aliphatic rings. The first-order valence-electron chi connectivity index (χ1n) is 8.86. The standard InChI is InChI=1S/C18H24FN3O3.ClH/c19-14-7-6-13(21-18(24)16-11-25-9-8-20-16)10-15(14)22-17(23)12-4-2-1-3-5-12;/h6-7,10,12,16,20H,1-5,8-9,11H2,(H,21,24)(H,22,23);1H. The van der Waals surface area contributed by atoms with Crippen molar-refractivity contribution in [3.8, 4) is 0 Å². The highest BCUT2D eigenvalue weighted by atomic mass is 35.5. The van der Waals surface area contributed by atoms with Gasteiger partial charge in [-0.1, -0.05) is 19.3 Å². The zero-order valence-electron chi connectivity index (χ0n) is 14.6. The molecule has 1 aliphatic heterocycles. The van der Waals surface area contributed by atoms with Crippen molar-refractivity contribution in [3.63, 3.8) is 0 Å². The molecule has 1 unspecified atom stereocenters. The summed E-state index contributed by atoms with van der Waals surface area (Å²) in [5, 5.41) is 8.46. The van der Waals surface area contributed by atoms with Crippen LogP contribution in [-0.2, 0) is 14.3 Å². The molecule has 0 aromatic heterocycles. The monoisotopic (exact) mass is 385 g/mol. The number of amides is 2. The van der Waals surface area contributed by atoms with Crippen molar-refractivity contribution >= 4 is 35.6 Å². The van der Waals surface area contributed by atoms with E-state index in [0.29, 0.717) is 25.4 Å². The fourth-order valence-electron chi connectivity index (χ4n) is 3.26. The van der Waals surface area contributed by atoms with Crippen LogP contribution in [0.15, 0.2) is 18.2 Å². The molecule has 1 atom stereocenters. The van der Waals surface area contributed by atoms with E-state index in [1.165, 1.54) is 18.2 Å². The molecule has 1 aromatic rings. The summed E-state index contributed by atoms with van der Waals surface area (Å²) in [7, 11) is 0. The molecule has 2 fully saturated rings. The lowest BCUT2D eigenvalue weighted by Gasteiger charge is -2.23. The summed E-state index contributed by atoms with van der Waals surface area (Å²) in [6, 6.07) is 3.75. The maximum Gasteiger partial charge on any atom is 0.243 e. The van der Waals surface area contributed by atoms with Gasteiger partial charge < -0.3 is 20.7 Å². The summed E-state index contributed by atoms with van der Waals surface area (Å²) >= 11 is 0. The van der Waals surface area contributed by atoms with E-state index < -0.39 is 11.9 Å². The van der Waals surface area contributed by atoms with Crippen molar-refractivity contribution in [2.75, 3.05) is 30.4 Å². The molecule has 0 radical (unpaired) electrons. The number of ether oxygens (including phenoxy) is 1. The lowest BCUT2D eigenvalue weighted by Crippen LogP contribution is -2.48. The Balaban J connectivity index is 0.00000243. The molecular weight excluding hydrogens is 361 g/mol. The molecule has 6 nitrogen and oxygen atoms in total. The second-order valence-corrected chi connectivity index (χ2v) is 6.59. The minimum Gasteiger partial charge on any atom is -0.378 e. The number of halogens is 2. The summed E-state index contributed by atoms with van der Waals surface area (Å²) in [5.41, 5.74) is 0.541. The lowest BCUT2D eigenvalue weighted by atomic mass is 9.88. The smallest absolute Gasteiger partial charge is 0.243 e. The van der Waals surface area contributed by atoms with Gasteiger partial charge in [-0.3, -0.25) is 9.59 Å². The summed E-state index contributed by atoms with van der Waals surface area (Å²) in [6.07, 6.45) is 4.91. The van der Waals surface area contributed by atoms with E-state index in [1.54, 1.807) is 0 Å². The second-order valence-electron chi connectivity index (χ2n) is 6.59. The van der Waals surface area contributed by atoms with Crippen LogP contribution in [0.3, 0.4) is 0 Å². The van der Waals surface area contributed by atoms with E-state index >= 15 is 0 Å². The quantitative estimate of drug-likeness (QED) is 0.744. The van der Waals surface area contributed by atoms with Gasteiger partial charge in [0.1, 0.15) is 11.9 Å². The number of carbonyl (C=O) groups is 2. The highest BCUT2D eigenvalue weighted by Crippen LogP contribution is 2.26. The predicted octanol–water partition coefficient (Wildman–Crippen LogP) is 2.69. The average Bonchev–Trinajstić information content (AvgIpc) is 2.66. The number of benzene rings is 1. The summed E-state index contributed by atoms with van der Waals surface area (Å²) in [6.45, 7) is 1.50. The van der Waals surface area contributed by atoms with E-state index in [2.05, 4.69) is 16.0 Å². The molecule has 3 N–H and O–H groups in total. The zero-order valence-corrected chi connectivity index (χ0v) is 15.4. The Labute approximate surface area is 158 Å². The molecule has 1 aliphatic carbocycles. The van der Waals surface area contributed by atoms with Gasteiger partial charge in [0.05, 0.1) is 18.9 Å². The van der Waals surface area contributed by atoms with Gasteiger partial charge in [-0.15, -0.1) is 12.4 Å². The van der Waals surface area contributed by atoms with Gasteiger partial charge in [0.25, 0.3) is 0 Å². The number of carbonyl (C=O) groups excluding carboxylic acids is 2. The van der Waals surface area contributed by atoms with E-state index in [-0.39, 0.29) is 35.8 Å². The fourth-order valence-corrected chi connectivity index (χ4v) is 3.26. The third-order valence-corrected chi connectivity index (χ3v) is 4.71. The van der Waals surface area contributed by atoms with E-state index in [1.807, 2.05) is 0 Å². The third-order valence-electron chi connectivity index (χ3n) is 4.71. The Morgan fingerprint density at radius 3 is 2.58 bits per heavy atom. The fraction of sp³-hybridized carbons (Fsp3) is 0.556. The molecule has 8 heteroatoms. The second kappa shape index (κ2) is 9.85. The normalized spacial score (nSPS) is 20.7. The minimum atomic E-state index is -0.513. The third kappa shape index (κ3) is 5.40. The van der Waals surface area contributed by atoms with Crippen LogP contribution in [0.2, 0.25) is 0 Å². The molecule has 0 bridgehead atoms. The molecule has 2 amide bonds. The molecule has 1 aromatic carbocycles. The van der Waals surface area contributed by atoms with Crippen molar-refractivity contribution in [1.82, 2.24) is 5.32 Å². The first kappa shape index (κ1) is 20.6. The number of morpholine rings is 1. The highest BCUT2D eigenvalue weighted by molar-refractivity contribution is 5.97. The molecule has 1 heterocycles. The number of anilines is 2. The van der Waals surface area contributed by atoms with Crippen molar-refractivity contribution in [2.24, 2.45) is 5.92 Å². The Bertz CT molecular complexity index is 632. The number of hydrogen-bond donors (Lipinski definition) is 3. The molecule has 1 saturated carbocycles. The SMILES string of the molecule is Cl.O=C(Nc1cc(NC(=O)C2COCCN2)ccc1F)C1CCCCC1. The van der Waals surface area contributed by atoms with Crippen LogP contribution in [0, 0.1) is 11.7 Å². The zero-order chi connectivity index (χ0) is 17.6. The van der Waals surface area contributed by atoms with Crippen LogP contribution in [0.4, 0.5) is 15.8 Å². The van der Waals surface area contributed by atoms with Crippen LogP contribution < -0.4 is 16.0 Å². The largest absolute Gasteiger partial charge is 0.378 e. The first-order valence-corrected chi connectivity index (χ1v) is 8.86. The van der Waals surface area contributed by atoms with Crippen molar-refractivity contribution in [1.29, 1.82) is 0 Å². The number of hydrogen-bond acceptors (Lipinski definition) is 4. The predicted molar refractivity (Wildman–Crippen MR) is 100 cm³/mol. The molecule has 0 spiro atoms. The Hall–Kier alpha value is -1.70. The highest BCUT2D eigenvalue weighted by Gasteiger charge is 2.23. The van der Waals surface area contributed by atoms with Crippen LogP contribution in [0.5, 0.6) is 0 Å². The van der Waals surface area contributed by atoms with E-state index in [4.69, 9.17) is 4.74 Å². The van der Waals surface area contributed by atoms with Crippen molar-refractivity contribution in [3.05, 3.63) is 24.0 Å². The molecule has 144 valence electrons. The Morgan fingerprint density at radius 1 is 1.12 bits per heavy atom. The van der Waals surface area contributed by atoms with Crippen LogP contribution in [0.1, 0.15) is 32.1 Å². The summed E-state index contributed by atoms with van der Waals surface area (Å²) < 4.78 is 19.3. The first-order chi connectivity index (χ1) is 12.1.